The third-order valence-corrected chi connectivity index (χ3v) is 5.33. The number of nitrogens with zero attached hydrogens (tertiary/aromatic N) is 1. The van der Waals surface area contributed by atoms with Crippen LogP contribution in [0.15, 0.2) is 54.6 Å². The lowest BCUT2D eigenvalue weighted by molar-refractivity contribution is 0.0686. The Hall–Kier alpha value is -2.89. The fraction of sp³-hybridized carbons (Fsp3) is 0.391. The Morgan fingerprint density at radius 2 is 1.66 bits per heavy atom. The standard InChI is InChI=1S/C23H28FN3O2/c24-21-11-5-4-10-20(21)22(28)27-15-12-19(13-16-27)17-26-23(29)25-14-6-9-18-7-2-1-3-8-18/h1-5,7-8,10-11,19H,6,9,12-17H2,(H2,25,26,29). The van der Waals surface area contributed by atoms with Crippen molar-refractivity contribution < 1.29 is 14.0 Å². The van der Waals surface area contributed by atoms with Crippen molar-refractivity contribution in [3.05, 3.63) is 71.5 Å². The molecule has 2 aromatic carbocycles. The molecule has 1 heterocycles. The lowest BCUT2D eigenvalue weighted by atomic mass is 9.96. The molecule has 0 radical (unpaired) electrons. The van der Waals surface area contributed by atoms with Crippen molar-refractivity contribution in [1.82, 2.24) is 15.5 Å². The van der Waals surface area contributed by atoms with E-state index < -0.39 is 5.82 Å². The molecule has 0 spiro atoms. The van der Waals surface area contributed by atoms with Crippen LogP contribution >= 0.6 is 0 Å². The Bertz CT molecular complexity index is 805. The Morgan fingerprint density at radius 3 is 2.38 bits per heavy atom. The van der Waals surface area contributed by atoms with E-state index in [1.807, 2.05) is 18.2 Å². The third kappa shape index (κ3) is 6.31. The summed E-state index contributed by atoms with van der Waals surface area (Å²) in [5, 5.41) is 5.81. The second kappa shape index (κ2) is 10.6. The highest BCUT2D eigenvalue weighted by atomic mass is 19.1. The molecule has 3 rings (SSSR count). The van der Waals surface area contributed by atoms with Crippen molar-refractivity contribution in [3.63, 3.8) is 0 Å². The Labute approximate surface area is 171 Å². The van der Waals surface area contributed by atoms with E-state index in [2.05, 4.69) is 22.8 Å². The monoisotopic (exact) mass is 397 g/mol. The molecule has 2 aromatic rings. The molecule has 0 unspecified atom stereocenters. The highest BCUT2D eigenvalue weighted by molar-refractivity contribution is 5.94. The SMILES string of the molecule is O=C(NCCCc1ccccc1)NCC1CCN(C(=O)c2ccccc2F)CC1. The van der Waals surface area contributed by atoms with Gasteiger partial charge in [-0.15, -0.1) is 0 Å². The first-order valence-corrected chi connectivity index (χ1v) is 10.2. The molecule has 1 fully saturated rings. The van der Waals surface area contributed by atoms with Gasteiger partial charge in [0, 0.05) is 26.2 Å². The van der Waals surface area contributed by atoms with Crippen LogP contribution < -0.4 is 10.6 Å². The zero-order valence-corrected chi connectivity index (χ0v) is 16.6. The zero-order valence-electron chi connectivity index (χ0n) is 16.6. The van der Waals surface area contributed by atoms with E-state index in [4.69, 9.17) is 0 Å². The van der Waals surface area contributed by atoms with Gasteiger partial charge in [-0.25, -0.2) is 9.18 Å². The van der Waals surface area contributed by atoms with Gasteiger partial charge in [-0.3, -0.25) is 4.79 Å². The first-order chi connectivity index (χ1) is 14.1. The van der Waals surface area contributed by atoms with E-state index in [-0.39, 0.29) is 17.5 Å². The van der Waals surface area contributed by atoms with Crippen LogP contribution in [0.25, 0.3) is 0 Å². The van der Waals surface area contributed by atoms with Gasteiger partial charge < -0.3 is 15.5 Å². The molecule has 0 atom stereocenters. The van der Waals surface area contributed by atoms with Crippen molar-refractivity contribution in [2.45, 2.75) is 25.7 Å². The van der Waals surface area contributed by atoms with Gasteiger partial charge in [0.1, 0.15) is 5.82 Å². The number of halogens is 1. The maximum absolute atomic E-state index is 13.8. The molecule has 1 aliphatic heterocycles. The van der Waals surface area contributed by atoms with Gasteiger partial charge in [-0.05, 0) is 49.3 Å². The molecule has 1 aliphatic rings. The fourth-order valence-corrected chi connectivity index (χ4v) is 3.58. The van der Waals surface area contributed by atoms with E-state index in [1.165, 1.54) is 17.7 Å². The smallest absolute Gasteiger partial charge is 0.314 e. The summed E-state index contributed by atoms with van der Waals surface area (Å²) in [7, 11) is 0. The first-order valence-electron chi connectivity index (χ1n) is 10.2. The molecule has 0 aromatic heterocycles. The highest BCUT2D eigenvalue weighted by Crippen LogP contribution is 2.19. The number of hydrogen-bond donors (Lipinski definition) is 2. The van der Waals surface area contributed by atoms with Crippen LogP contribution in [0, 0.1) is 11.7 Å². The third-order valence-electron chi connectivity index (χ3n) is 5.33. The van der Waals surface area contributed by atoms with Crippen molar-refractivity contribution in [2.75, 3.05) is 26.2 Å². The summed E-state index contributed by atoms with van der Waals surface area (Å²) in [5.74, 6) is -0.411. The number of carbonyl (C=O) groups is 2. The Balaban J connectivity index is 1.31. The first kappa shape index (κ1) is 20.8. The van der Waals surface area contributed by atoms with Crippen LogP contribution in [0.4, 0.5) is 9.18 Å². The normalized spacial score (nSPS) is 14.4. The van der Waals surface area contributed by atoms with Crippen molar-refractivity contribution >= 4 is 11.9 Å². The van der Waals surface area contributed by atoms with Gasteiger partial charge in [0.05, 0.1) is 5.56 Å². The number of aryl methyl sites for hydroxylation is 1. The van der Waals surface area contributed by atoms with Gasteiger partial charge in [-0.1, -0.05) is 42.5 Å². The van der Waals surface area contributed by atoms with E-state index in [0.717, 1.165) is 25.7 Å². The number of nitrogens with one attached hydrogen (secondary N) is 2. The second-order valence-electron chi connectivity index (χ2n) is 7.44. The van der Waals surface area contributed by atoms with Gasteiger partial charge >= 0.3 is 6.03 Å². The fourth-order valence-electron chi connectivity index (χ4n) is 3.58. The largest absolute Gasteiger partial charge is 0.339 e. The van der Waals surface area contributed by atoms with Gasteiger partial charge in [0.15, 0.2) is 0 Å². The molecule has 0 saturated carbocycles. The Kier molecular flexibility index (Phi) is 7.61. The highest BCUT2D eigenvalue weighted by Gasteiger charge is 2.25. The summed E-state index contributed by atoms with van der Waals surface area (Å²) in [5.41, 5.74) is 1.39. The number of urea groups is 1. The number of likely N-dealkylation sites (tertiary alicyclic amines) is 1. The molecular formula is C23H28FN3O2. The second-order valence-corrected chi connectivity index (χ2v) is 7.44. The van der Waals surface area contributed by atoms with Crippen LogP contribution in [0.3, 0.4) is 0 Å². The summed E-state index contributed by atoms with van der Waals surface area (Å²) in [6.45, 7) is 2.39. The van der Waals surface area contributed by atoms with Crippen molar-refractivity contribution in [3.8, 4) is 0 Å². The molecule has 1 saturated heterocycles. The molecule has 154 valence electrons. The molecule has 3 amide bonds. The van der Waals surface area contributed by atoms with Gasteiger partial charge in [0.2, 0.25) is 0 Å². The summed E-state index contributed by atoms with van der Waals surface area (Å²) >= 11 is 0. The lowest BCUT2D eigenvalue weighted by Crippen LogP contribution is -2.43. The average Bonchev–Trinajstić information content (AvgIpc) is 2.76. The van der Waals surface area contributed by atoms with E-state index in [1.54, 1.807) is 17.0 Å². The number of carbonyl (C=O) groups excluding carboxylic acids is 2. The number of benzene rings is 2. The number of piperidine rings is 1. The predicted octanol–water partition coefficient (Wildman–Crippen LogP) is 3.61. The minimum atomic E-state index is -0.481. The van der Waals surface area contributed by atoms with Crippen LogP contribution in [0.5, 0.6) is 0 Å². The minimum Gasteiger partial charge on any atom is -0.339 e. The summed E-state index contributed by atoms with van der Waals surface area (Å²) < 4.78 is 13.8. The Morgan fingerprint density at radius 1 is 0.966 bits per heavy atom. The van der Waals surface area contributed by atoms with Crippen molar-refractivity contribution in [2.24, 2.45) is 5.92 Å². The maximum Gasteiger partial charge on any atom is 0.314 e. The zero-order chi connectivity index (χ0) is 20.5. The van der Waals surface area contributed by atoms with Gasteiger partial charge in [-0.2, -0.15) is 0 Å². The quantitative estimate of drug-likeness (QED) is 0.701. The van der Waals surface area contributed by atoms with Crippen LogP contribution in [-0.4, -0.2) is 43.0 Å². The molecular weight excluding hydrogens is 369 g/mol. The summed E-state index contributed by atoms with van der Waals surface area (Å²) in [6.07, 6.45) is 3.44. The number of hydrogen-bond acceptors (Lipinski definition) is 2. The molecule has 2 N–H and O–H groups in total. The van der Waals surface area contributed by atoms with E-state index in [9.17, 15) is 14.0 Å². The summed E-state index contributed by atoms with van der Waals surface area (Å²) in [6, 6.07) is 16.1. The molecule has 6 heteroatoms. The van der Waals surface area contributed by atoms with Crippen molar-refractivity contribution in [1.29, 1.82) is 0 Å². The van der Waals surface area contributed by atoms with Crippen LogP contribution in [-0.2, 0) is 6.42 Å². The van der Waals surface area contributed by atoms with Crippen LogP contribution in [0.1, 0.15) is 35.2 Å². The molecule has 0 bridgehead atoms. The number of amides is 3. The topological polar surface area (TPSA) is 61.4 Å². The van der Waals surface area contributed by atoms with E-state index in [0.29, 0.717) is 32.1 Å². The maximum atomic E-state index is 13.8. The van der Waals surface area contributed by atoms with Gasteiger partial charge in [0.25, 0.3) is 5.91 Å². The average molecular weight is 397 g/mol. The minimum absolute atomic E-state index is 0.124. The molecule has 0 aliphatic carbocycles. The van der Waals surface area contributed by atoms with E-state index >= 15 is 0 Å². The van der Waals surface area contributed by atoms with Crippen LogP contribution in [0.2, 0.25) is 0 Å². The summed E-state index contributed by atoms with van der Waals surface area (Å²) in [4.78, 5) is 26.1. The number of rotatable bonds is 7. The predicted molar refractivity (Wildman–Crippen MR) is 111 cm³/mol. The molecule has 5 nitrogen and oxygen atoms in total. The lowest BCUT2D eigenvalue weighted by Gasteiger charge is -2.32. The molecule has 29 heavy (non-hydrogen) atoms.